The molecule has 1 N–H and O–H groups in total. The smallest absolute Gasteiger partial charge is 0.243 e. The first kappa shape index (κ1) is 28.0. The number of carbonyl (C=O) groups is 2. The van der Waals surface area contributed by atoms with E-state index in [0.29, 0.717) is 25.6 Å². The first-order chi connectivity index (χ1) is 18.1. The van der Waals surface area contributed by atoms with Crippen molar-refractivity contribution in [3.63, 3.8) is 0 Å². The molecule has 0 aromatic heterocycles. The third-order valence-corrected chi connectivity index (χ3v) is 8.55. The summed E-state index contributed by atoms with van der Waals surface area (Å²) in [5, 5.41) is 3.38. The minimum absolute atomic E-state index is 0.0204. The highest BCUT2D eigenvalue weighted by Gasteiger charge is 2.28. The second kappa shape index (κ2) is 12.2. The molecule has 38 heavy (non-hydrogen) atoms. The quantitative estimate of drug-likeness (QED) is 0.206. The van der Waals surface area contributed by atoms with E-state index in [1.165, 1.54) is 24.3 Å². The summed E-state index contributed by atoms with van der Waals surface area (Å²) < 4.78 is 28.9. The lowest BCUT2D eigenvalue weighted by Gasteiger charge is -2.23. The molecule has 0 bridgehead atoms. The average molecular weight is 632 g/mol. The average Bonchev–Trinajstić information content (AvgIpc) is 2.91. The molecule has 4 aromatic carbocycles. The number of ketones is 1. The predicted molar refractivity (Wildman–Crippen MR) is 153 cm³/mol. The Labute approximate surface area is 239 Å². The van der Waals surface area contributed by atoms with Crippen molar-refractivity contribution in [3.05, 3.63) is 128 Å². The van der Waals surface area contributed by atoms with Gasteiger partial charge in [0.05, 0.1) is 17.1 Å². The molecule has 4 rings (SSSR count). The number of carbonyl (C=O) groups excluding carboxylic acids is 2. The summed E-state index contributed by atoms with van der Waals surface area (Å²) in [7, 11) is -4.09. The summed E-state index contributed by atoms with van der Waals surface area (Å²) in [6.07, 6.45) is 0. The largest absolute Gasteiger partial charge is 0.324 e. The van der Waals surface area contributed by atoms with Crippen LogP contribution in [0.5, 0.6) is 0 Å². The summed E-state index contributed by atoms with van der Waals surface area (Å²) in [4.78, 5) is 26.4. The van der Waals surface area contributed by atoms with Gasteiger partial charge < -0.3 is 5.32 Å². The van der Waals surface area contributed by atoms with E-state index in [1.807, 2.05) is 0 Å². The zero-order valence-corrected chi connectivity index (χ0v) is 23.7. The van der Waals surface area contributed by atoms with E-state index < -0.39 is 22.5 Å². The Bertz CT molecular complexity index is 1580. The highest BCUT2D eigenvalue weighted by molar-refractivity contribution is 9.10. The highest BCUT2D eigenvalue weighted by Crippen LogP contribution is 2.26. The van der Waals surface area contributed by atoms with Crippen molar-refractivity contribution in [2.75, 3.05) is 11.9 Å². The van der Waals surface area contributed by atoms with Gasteiger partial charge in [0.15, 0.2) is 5.78 Å². The molecule has 0 fully saturated rings. The van der Waals surface area contributed by atoms with Crippen molar-refractivity contribution < 1.29 is 18.0 Å². The lowest BCUT2D eigenvalue weighted by molar-refractivity contribution is -0.116. The fraction of sp³-hybridized carbons (Fsp3) is 0.0714. The van der Waals surface area contributed by atoms with Crippen LogP contribution in [0.2, 0.25) is 10.0 Å². The van der Waals surface area contributed by atoms with Gasteiger partial charge in [-0.2, -0.15) is 4.31 Å². The molecule has 0 spiro atoms. The van der Waals surface area contributed by atoms with Gasteiger partial charge in [0.2, 0.25) is 15.9 Å². The third kappa shape index (κ3) is 6.70. The van der Waals surface area contributed by atoms with E-state index >= 15 is 0 Å². The second-order valence-electron chi connectivity index (χ2n) is 8.25. The van der Waals surface area contributed by atoms with Crippen LogP contribution in [-0.2, 0) is 21.4 Å². The Balaban J connectivity index is 1.64. The molecule has 194 valence electrons. The van der Waals surface area contributed by atoms with E-state index in [0.717, 1.165) is 4.31 Å². The number of sulfonamides is 1. The Kier molecular flexibility index (Phi) is 9.02. The van der Waals surface area contributed by atoms with Crippen LogP contribution < -0.4 is 5.32 Å². The fourth-order valence-electron chi connectivity index (χ4n) is 3.71. The SMILES string of the molecule is O=C(CN(Cc1ccccc1Cl)S(=O)(=O)c1ccc(Br)cc1)Nc1ccc(Cl)cc1C(=O)c1ccccc1. The molecule has 10 heteroatoms. The summed E-state index contributed by atoms with van der Waals surface area (Å²) in [6.45, 7) is -0.660. The number of benzene rings is 4. The van der Waals surface area contributed by atoms with Gasteiger partial charge in [0.1, 0.15) is 0 Å². The fourth-order valence-corrected chi connectivity index (χ4v) is 5.71. The van der Waals surface area contributed by atoms with Crippen LogP contribution in [0.15, 0.2) is 106 Å². The lowest BCUT2D eigenvalue weighted by atomic mass is 10.0. The molecule has 0 heterocycles. The number of hydrogen-bond acceptors (Lipinski definition) is 4. The van der Waals surface area contributed by atoms with Gasteiger partial charge in [0.25, 0.3) is 0 Å². The second-order valence-corrected chi connectivity index (χ2v) is 11.9. The summed E-state index contributed by atoms with van der Waals surface area (Å²) >= 11 is 15.7. The van der Waals surface area contributed by atoms with E-state index in [-0.39, 0.29) is 28.5 Å². The maximum absolute atomic E-state index is 13.6. The van der Waals surface area contributed by atoms with Gasteiger partial charge in [-0.25, -0.2) is 8.42 Å². The molecule has 0 radical (unpaired) electrons. The van der Waals surface area contributed by atoms with Gasteiger partial charge in [-0.3, -0.25) is 9.59 Å². The van der Waals surface area contributed by atoms with Crippen molar-refractivity contribution >= 4 is 66.5 Å². The standard InChI is InChI=1S/C28H21BrCl2N2O4S/c29-21-10-13-23(14-11-21)38(36,37)33(17-20-8-4-5-9-25(20)31)18-27(34)32-26-15-12-22(30)16-24(26)28(35)19-6-2-1-3-7-19/h1-16H,17-18H2,(H,32,34). The normalized spacial score (nSPS) is 11.4. The molecule has 1 amide bonds. The molecule has 4 aromatic rings. The first-order valence-corrected chi connectivity index (χ1v) is 14.3. The number of anilines is 1. The van der Waals surface area contributed by atoms with Crippen LogP contribution in [0.25, 0.3) is 0 Å². The maximum atomic E-state index is 13.6. The van der Waals surface area contributed by atoms with Crippen LogP contribution >= 0.6 is 39.1 Å². The molecule has 0 saturated carbocycles. The van der Waals surface area contributed by atoms with Crippen LogP contribution in [-0.4, -0.2) is 31.0 Å². The van der Waals surface area contributed by atoms with Crippen LogP contribution in [0.3, 0.4) is 0 Å². The zero-order chi connectivity index (χ0) is 27.3. The molecule has 0 saturated heterocycles. The number of nitrogens with zero attached hydrogens (tertiary/aromatic N) is 1. The van der Waals surface area contributed by atoms with Crippen LogP contribution in [0.4, 0.5) is 5.69 Å². The summed E-state index contributed by atoms with van der Waals surface area (Å²) in [5.41, 5.74) is 1.36. The molecular weight excluding hydrogens is 611 g/mol. The van der Waals surface area contributed by atoms with E-state index in [1.54, 1.807) is 72.8 Å². The molecule has 0 aliphatic rings. The number of halogens is 3. The van der Waals surface area contributed by atoms with Gasteiger partial charge in [-0.15, -0.1) is 0 Å². The van der Waals surface area contributed by atoms with Gasteiger partial charge in [0, 0.05) is 32.2 Å². The summed E-state index contributed by atoms with van der Waals surface area (Å²) in [6, 6.07) is 26.0. The summed E-state index contributed by atoms with van der Waals surface area (Å²) in [5.74, 6) is -0.971. The minimum atomic E-state index is -4.09. The van der Waals surface area contributed by atoms with E-state index in [9.17, 15) is 18.0 Å². The van der Waals surface area contributed by atoms with Gasteiger partial charge in [-0.1, -0.05) is 87.7 Å². The lowest BCUT2D eigenvalue weighted by Crippen LogP contribution is -2.37. The number of rotatable bonds is 9. The molecule has 0 aliphatic carbocycles. The highest BCUT2D eigenvalue weighted by atomic mass is 79.9. The maximum Gasteiger partial charge on any atom is 0.243 e. The van der Waals surface area contributed by atoms with Crippen LogP contribution in [0.1, 0.15) is 21.5 Å². The van der Waals surface area contributed by atoms with Crippen molar-refractivity contribution in [2.45, 2.75) is 11.4 Å². The minimum Gasteiger partial charge on any atom is -0.324 e. The van der Waals surface area contributed by atoms with Crippen molar-refractivity contribution in [2.24, 2.45) is 0 Å². The number of amides is 1. The third-order valence-electron chi connectivity index (χ3n) is 5.61. The van der Waals surface area contributed by atoms with Gasteiger partial charge >= 0.3 is 0 Å². The Hall–Kier alpha value is -3.01. The zero-order valence-electron chi connectivity index (χ0n) is 19.8. The molecule has 0 unspecified atom stereocenters. The Morgan fingerprint density at radius 3 is 2.18 bits per heavy atom. The van der Waals surface area contributed by atoms with Crippen LogP contribution in [0, 0.1) is 0 Å². The van der Waals surface area contributed by atoms with Gasteiger partial charge in [-0.05, 0) is 54.1 Å². The number of nitrogens with one attached hydrogen (secondary N) is 1. The molecule has 6 nitrogen and oxygen atoms in total. The topological polar surface area (TPSA) is 83.6 Å². The molecule has 0 aliphatic heterocycles. The molecule has 0 atom stereocenters. The van der Waals surface area contributed by atoms with Crippen molar-refractivity contribution in [3.8, 4) is 0 Å². The molecular formula is C28H21BrCl2N2O4S. The van der Waals surface area contributed by atoms with E-state index in [2.05, 4.69) is 21.2 Å². The van der Waals surface area contributed by atoms with E-state index in [4.69, 9.17) is 23.2 Å². The predicted octanol–water partition coefficient (Wildman–Crippen LogP) is 6.82. The first-order valence-electron chi connectivity index (χ1n) is 11.3. The van der Waals surface area contributed by atoms with Crippen molar-refractivity contribution in [1.82, 2.24) is 4.31 Å². The Morgan fingerprint density at radius 1 is 0.842 bits per heavy atom. The monoisotopic (exact) mass is 630 g/mol. The Morgan fingerprint density at radius 2 is 1.50 bits per heavy atom. The number of hydrogen-bond donors (Lipinski definition) is 1. The van der Waals surface area contributed by atoms with Crippen molar-refractivity contribution in [1.29, 1.82) is 0 Å².